The smallest absolute Gasteiger partial charge is 0.339 e. The first-order valence-corrected chi connectivity index (χ1v) is 8.42. The lowest BCUT2D eigenvalue weighted by molar-refractivity contribution is 0.0441. The highest BCUT2D eigenvalue weighted by Gasteiger charge is 2.33. The van der Waals surface area contributed by atoms with E-state index in [1.54, 1.807) is 12.1 Å². The third kappa shape index (κ3) is 2.15. The van der Waals surface area contributed by atoms with Gasteiger partial charge >= 0.3 is 11.9 Å². The Balaban J connectivity index is 1.48. The standard InChI is InChI=1S/C22H14O4/c23-21-17-7-3-1-5-15(17)19(25-21)13-9-11-14(12-10-13)20-16-6-2-4-8-18(16)22(24)26-20/h1-12,19-20H. The van der Waals surface area contributed by atoms with E-state index in [1.165, 1.54) is 0 Å². The Hall–Kier alpha value is -3.40. The molecule has 126 valence electrons. The second-order valence-electron chi connectivity index (χ2n) is 6.41. The number of esters is 2. The molecule has 4 nitrogen and oxygen atoms in total. The van der Waals surface area contributed by atoms with Gasteiger partial charge in [-0.25, -0.2) is 9.59 Å². The van der Waals surface area contributed by atoms with E-state index in [0.29, 0.717) is 11.1 Å². The van der Waals surface area contributed by atoms with E-state index in [4.69, 9.17) is 9.47 Å². The summed E-state index contributed by atoms with van der Waals surface area (Å²) in [6.07, 6.45) is -0.794. The van der Waals surface area contributed by atoms with Crippen LogP contribution >= 0.6 is 0 Å². The molecule has 0 N–H and O–H groups in total. The zero-order valence-electron chi connectivity index (χ0n) is 13.7. The van der Waals surface area contributed by atoms with Crippen LogP contribution in [0.25, 0.3) is 0 Å². The Morgan fingerprint density at radius 3 is 1.35 bits per heavy atom. The van der Waals surface area contributed by atoms with Gasteiger partial charge in [0.1, 0.15) is 0 Å². The van der Waals surface area contributed by atoms with Crippen LogP contribution in [-0.2, 0) is 9.47 Å². The maximum Gasteiger partial charge on any atom is 0.339 e. The number of benzene rings is 3. The Morgan fingerprint density at radius 1 is 0.538 bits per heavy atom. The second kappa shape index (κ2) is 5.56. The quantitative estimate of drug-likeness (QED) is 0.655. The van der Waals surface area contributed by atoms with E-state index in [-0.39, 0.29) is 11.9 Å². The van der Waals surface area contributed by atoms with Gasteiger partial charge in [-0.05, 0) is 23.3 Å². The van der Waals surface area contributed by atoms with Gasteiger partial charge in [0.15, 0.2) is 12.2 Å². The third-order valence-corrected chi connectivity index (χ3v) is 4.92. The summed E-state index contributed by atoms with van der Waals surface area (Å²) in [7, 11) is 0. The van der Waals surface area contributed by atoms with E-state index in [2.05, 4.69) is 0 Å². The van der Waals surface area contributed by atoms with Crippen LogP contribution in [0.15, 0.2) is 72.8 Å². The van der Waals surface area contributed by atoms with Crippen molar-refractivity contribution in [2.75, 3.05) is 0 Å². The fourth-order valence-electron chi connectivity index (χ4n) is 3.63. The van der Waals surface area contributed by atoms with E-state index in [0.717, 1.165) is 22.3 Å². The summed E-state index contributed by atoms with van der Waals surface area (Å²) in [5.74, 6) is -0.596. The average Bonchev–Trinajstić information content (AvgIpc) is 3.20. The molecule has 0 saturated carbocycles. The maximum atomic E-state index is 12.0. The minimum Gasteiger partial charge on any atom is -0.449 e. The predicted octanol–water partition coefficient (Wildman–Crippen LogP) is 4.21. The van der Waals surface area contributed by atoms with Gasteiger partial charge in [0.05, 0.1) is 11.1 Å². The van der Waals surface area contributed by atoms with Gasteiger partial charge in [0.25, 0.3) is 0 Å². The van der Waals surface area contributed by atoms with E-state index in [1.807, 2.05) is 60.7 Å². The molecule has 0 fully saturated rings. The molecular weight excluding hydrogens is 328 g/mol. The molecule has 0 spiro atoms. The molecule has 26 heavy (non-hydrogen) atoms. The Kier molecular flexibility index (Phi) is 3.19. The molecule has 3 aromatic carbocycles. The molecule has 5 rings (SSSR count). The Labute approximate surface area is 150 Å². The molecular formula is C22H14O4. The van der Waals surface area contributed by atoms with Crippen molar-refractivity contribution in [3.05, 3.63) is 106 Å². The minimum absolute atomic E-state index is 0.298. The third-order valence-electron chi connectivity index (χ3n) is 4.92. The highest BCUT2D eigenvalue weighted by Crippen LogP contribution is 2.38. The molecule has 2 atom stereocenters. The molecule has 0 aromatic heterocycles. The van der Waals surface area contributed by atoms with Crippen molar-refractivity contribution >= 4 is 11.9 Å². The zero-order valence-corrected chi connectivity index (χ0v) is 13.7. The zero-order chi connectivity index (χ0) is 17.7. The molecule has 0 saturated heterocycles. The highest BCUT2D eigenvalue weighted by atomic mass is 16.6. The summed E-state index contributed by atoms with van der Waals surface area (Å²) >= 11 is 0. The summed E-state index contributed by atoms with van der Waals surface area (Å²) in [6, 6.07) is 22.5. The van der Waals surface area contributed by atoms with Gasteiger partial charge in [0, 0.05) is 11.1 Å². The van der Waals surface area contributed by atoms with Crippen molar-refractivity contribution in [1.29, 1.82) is 0 Å². The van der Waals surface area contributed by atoms with Crippen molar-refractivity contribution in [2.24, 2.45) is 0 Å². The van der Waals surface area contributed by atoms with Gasteiger partial charge in [-0.2, -0.15) is 0 Å². The lowest BCUT2D eigenvalue weighted by atomic mass is 9.95. The van der Waals surface area contributed by atoms with Crippen molar-refractivity contribution in [3.63, 3.8) is 0 Å². The van der Waals surface area contributed by atoms with Crippen LogP contribution in [-0.4, -0.2) is 11.9 Å². The first-order chi connectivity index (χ1) is 12.7. The first-order valence-electron chi connectivity index (χ1n) is 8.42. The second-order valence-corrected chi connectivity index (χ2v) is 6.41. The molecule has 0 radical (unpaired) electrons. The number of ether oxygens (including phenoxy) is 2. The Morgan fingerprint density at radius 2 is 0.923 bits per heavy atom. The average molecular weight is 342 g/mol. The van der Waals surface area contributed by atoms with Crippen molar-refractivity contribution < 1.29 is 19.1 Å². The predicted molar refractivity (Wildman–Crippen MR) is 93.8 cm³/mol. The van der Waals surface area contributed by atoms with Gasteiger partial charge < -0.3 is 9.47 Å². The van der Waals surface area contributed by atoms with Crippen LogP contribution in [0.5, 0.6) is 0 Å². The lowest BCUT2D eigenvalue weighted by Gasteiger charge is -2.14. The van der Waals surface area contributed by atoms with Crippen LogP contribution in [0.4, 0.5) is 0 Å². The summed E-state index contributed by atoms with van der Waals surface area (Å²) in [5.41, 5.74) is 4.76. The van der Waals surface area contributed by atoms with E-state index < -0.39 is 12.2 Å². The van der Waals surface area contributed by atoms with Crippen LogP contribution in [0.3, 0.4) is 0 Å². The molecule has 4 heteroatoms. The molecule has 2 aliphatic rings. The van der Waals surface area contributed by atoms with Crippen molar-refractivity contribution in [3.8, 4) is 0 Å². The van der Waals surface area contributed by atoms with E-state index in [9.17, 15) is 9.59 Å². The summed E-state index contributed by atoms with van der Waals surface area (Å²) in [4.78, 5) is 24.0. The number of carbonyl (C=O) groups excluding carboxylic acids is 2. The lowest BCUT2D eigenvalue weighted by Crippen LogP contribution is -2.03. The number of carbonyl (C=O) groups is 2. The maximum absolute atomic E-state index is 12.0. The fourth-order valence-corrected chi connectivity index (χ4v) is 3.63. The van der Waals surface area contributed by atoms with Crippen LogP contribution in [0.2, 0.25) is 0 Å². The number of fused-ring (bicyclic) bond motifs is 2. The summed E-state index contributed by atoms with van der Waals surface area (Å²) in [6.45, 7) is 0. The molecule has 2 unspecified atom stereocenters. The topological polar surface area (TPSA) is 52.6 Å². The normalized spacial score (nSPS) is 20.3. The van der Waals surface area contributed by atoms with Gasteiger partial charge in [-0.1, -0.05) is 60.7 Å². The van der Waals surface area contributed by atoms with Crippen LogP contribution in [0.1, 0.15) is 55.2 Å². The largest absolute Gasteiger partial charge is 0.449 e. The van der Waals surface area contributed by atoms with Gasteiger partial charge in [-0.3, -0.25) is 0 Å². The number of cyclic esters (lactones) is 2. The minimum atomic E-state index is -0.397. The van der Waals surface area contributed by atoms with Crippen LogP contribution < -0.4 is 0 Å². The molecule has 2 heterocycles. The summed E-state index contributed by atoms with van der Waals surface area (Å²) < 4.78 is 11.1. The number of rotatable bonds is 2. The molecule has 2 aliphatic heterocycles. The highest BCUT2D eigenvalue weighted by molar-refractivity contribution is 5.95. The van der Waals surface area contributed by atoms with Gasteiger partial charge in [-0.15, -0.1) is 0 Å². The van der Waals surface area contributed by atoms with Crippen molar-refractivity contribution in [2.45, 2.75) is 12.2 Å². The molecule has 0 aliphatic carbocycles. The van der Waals surface area contributed by atoms with Crippen molar-refractivity contribution in [1.82, 2.24) is 0 Å². The fraction of sp³-hybridized carbons (Fsp3) is 0.0909. The van der Waals surface area contributed by atoms with E-state index >= 15 is 0 Å². The molecule has 0 amide bonds. The molecule has 3 aromatic rings. The van der Waals surface area contributed by atoms with Gasteiger partial charge in [0.2, 0.25) is 0 Å². The number of hydrogen-bond donors (Lipinski definition) is 0. The summed E-state index contributed by atoms with van der Waals surface area (Å²) in [5, 5.41) is 0. The first kappa shape index (κ1) is 14.9. The number of hydrogen-bond acceptors (Lipinski definition) is 4. The monoisotopic (exact) mass is 342 g/mol. The Bertz CT molecular complexity index is 952. The SMILES string of the molecule is O=C1OC(c2ccc(C3OC(=O)c4ccccc43)cc2)c2ccccc21. The molecule has 0 bridgehead atoms. The van der Waals surface area contributed by atoms with Crippen LogP contribution in [0, 0.1) is 0 Å².